The number of piperazine rings is 1. The van der Waals surface area contributed by atoms with Crippen molar-refractivity contribution in [1.82, 2.24) is 14.7 Å². The normalized spacial score (nSPS) is 20.4. The van der Waals surface area contributed by atoms with E-state index in [1.54, 1.807) is 11.8 Å². The van der Waals surface area contributed by atoms with Crippen LogP contribution in [0.25, 0.3) is 0 Å². The first-order valence-electron chi connectivity index (χ1n) is 12.7. The van der Waals surface area contributed by atoms with Crippen molar-refractivity contribution >= 4 is 35.1 Å². The first-order chi connectivity index (χ1) is 17.2. The number of nitrogens with zero attached hydrogens (tertiary/aromatic N) is 4. The number of para-hydroxylation sites is 1. The number of benzene rings is 2. The smallest absolute Gasteiger partial charge is 0.257 e. The molecule has 0 radical (unpaired) electrons. The van der Waals surface area contributed by atoms with Crippen molar-refractivity contribution in [2.24, 2.45) is 4.99 Å². The standard InChI is InChI=1S/C28H30N4O2S/c33-27-20-8-1-2-9-21(20)28(34)32(27)15-7-14-30-16-18-31(19-17-30)26-22-10-3-5-12-24(22)35-25-13-6-4-11-23(25)29-26/h3-6,10-13H,1-2,7-9,14-19H2. The van der Waals surface area contributed by atoms with Crippen LogP contribution in [-0.4, -0.2) is 71.6 Å². The Morgan fingerprint density at radius 1 is 0.771 bits per heavy atom. The highest BCUT2D eigenvalue weighted by molar-refractivity contribution is 7.99. The van der Waals surface area contributed by atoms with Gasteiger partial charge in [-0.15, -0.1) is 0 Å². The molecule has 1 aliphatic carbocycles. The van der Waals surface area contributed by atoms with Gasteiger partial charge < -0.3 is 4.90 Å². The average Bonchev–Trinajstić information content (AvgIpc) is 3.04. The number of amides is 2. The number of imide groups is 1. The summed E-state index contributed by atoms with van der Waals surface area (Å²) >= 11 is 1.79. The van der Waals surface area contributed by atoms with Crippen LogP contribution in [0.2, 0.25) is 0 Å². The van der Waals surface area contributed by atoms with E-state index >= 15 is 0 Å². The number of rotatable bonds is 4. The molecule has 180 valence electrons. The summed E-state index contributed by atoms with van der Waals surface area (Å²) < 4.78 is 0. The Balaban J connectivity index is 1.08. The second-order valence-corrected chi connectivity index (χ2v) is 10.7. The summed E-state index contributed by atoms with van der Waals surface area (Å²) in [7, 11) is 0. The number of amidine groups is 1. The second kappa shape index (κ2) is 9.63. The molecule has 0 unspecified atom stereocenters. The van der Waals surface area contributed by atoms with Crippen molar-refractivity contribution in [3.05, 3.63) is 65.2 Å². The fourth-order valence-corrected chi connectivity index (χ4v) is 6.56. The minimum atomic E-state index is -0.0299. The molecule has 35 heavy (non-hydrogen) atoms. The predicted molar refractivity (Wildman–Crippen MR) is 138 cm³/mol. The molecule has 3 aliphatic heterocycles. The van der Waals surface area contributed by atoms with Gasteiger partial charge in [-0.05, 0) is 56.8 Å². The topological polar surface area (TPSA) is 56.2 Å². The maximum absolute atomic E-state index is 12.7. The first-order valence-corrected chi connectivity index (χ1v) is 13.5. The molecule has 0 atom stereocenters. The van der Waals surface area contributed by atoms with Gasteiger partial charge in [0.05, 0.1) is 5.69 Å². The SMILES string of the molecule is O=C1C2=C(CCCC2)C(=O)N1CCCN1CCN(C2=Nc3ccccc3Sc3ccccc32)CC1. The molecule has 4 aliphatic rings. The third kappa shape index (κ3) is 4.32. The molecular formula is C28H30N4O2S. The summed E-state index contributed by atoms with van der Waals surface area (Å²) in [6.07, 6.45) is 4.42. The Bertz CT molecular complexity index is 1200. The third-order valence-electron chi connectivity index (χ3n) is 7.44. The summed E-state index contributed by atoms with van der Waals surface area (Å²) in [5.74, 6) is 0.998. The van der Waals surface area contributed by atoms with E-state index in [0.29, 0.717) is 6.54 Å². The van der Waals surface area contributed by atoms with Crippen molar-refractivity contribution in [3.8, 4) is 0 Å². The fourth-order valence-electron chi connectivity index (χ4n) is 5.54. The fraction of sp³-hybridized carbons (Fsp3) is 0.393. The highest BCUT2D eigenvalue weighted by atomic mass is 32.2. The van der Waals surface area contributed by atoms with E-state index in [4.69, 9.17) is 4.99 Å². The van der Waals surface area contributed by atoms with E-state index in [-0.39, 0.29) is 11.8 Å². The lowest BCUT2D eigenvalue weighted by Crippen LogP contribution is -2.49. The van der Waals surface area contributed by atoms with Gasteiger partial charge in [-0.25, -0.2) is 4.99 Å². The third-order valence-corrected chi connectivity index (χ3v) is 8.58. The maximum Gasteiger partial charge on any atom is 0.257 e. The lowest BCUT2D eigenvalue weighted by molar-refractivity contribution is -0.137. The number of fused-ring (bicyclic) bond motifs is 2. The van der Waals surface area contributed by atoms with E-state index in [1.807, 2.05) is 0 Å². The second-order valence-electron chi connectivity index (χ2n) is 9.61. The van der Waals surface area contributed by atoms with Gasteiger partial charge in [0.1, 0.15) is 5.84 Å². The van der Waals surface area contributed by atoms with E-state index in [1.165, 1.54) is 20.3 Å². The Kier molecular flexibility index (Phi) is 6.20. The lowest BCUT2D eigenvalue weighted by atomic mass is 9.93. The number of aliphatic imine (C=N–C) groups is 1. The van der Waals surface area contributed by atoms with Crippen LogP contribution in [0.3, 0.4) is 0 Å². The zero-order valence-corrected chi connectivity index (χ0v) is 20.7. The van der Waals surface area contributed by atoms with Gasteiger partial charge in [-0.2, -0.15) is 0 Å². The van der Waals surface area contributed by atoms with Crippen LogP contribution >= 0.6 is 11.8 Å². The zero-order valence-electron chi connectivity index (χ0n) is 19.9. The highest BCUT2D eigenvalue weighted by Gasteiger charge is 2.38. The van der Waals surface area contributed by atoms with Crippen molar-refractivity contribution in [2.75, 3.05) is 39.3 Å². The molecule has 0 saturated carbocycles. The lowest BCUT2D eigenvalue weighted by Gasteiger charge is -2.37. The molecule has 7 heteroatoms. The van der Waals surface area contributed by atoms with E-state index in [2.05, 4.69) is 58.3 Å². The summed E-state index contributed by atoms with van der Waals surface area (Å²) in [4.78, 5) is 39.3. The molecule has 2 amide bonds. The van der Waals surface area contributed by atoms with Gasteiger partial charge >= 0.3 is 0 Å². The van der Waals surface area contributed by atoms with Crippen molar-refractivity contribution in [3.63, 3.8) is 0 Å². The Morgan fingerprint density at radius 3 is 2.17 bits per heavy atom. The number of hydrogen-bond donors (Lipinski definition) is 0. The quantitative estimate of drug-likeness (QED) is 0.597. The molecule has 3 heterocycles. The van der Waals surface area contributed by atoms with Gasteiger partial charge in [0.2, 0.25) is 0 Å². The summed E-state index contributed by atoms with van der Waals surface area (Å²) in [5.41, 5.74) is 3.81. The van der Waals surface area contributed by atoms with Crippen LogP contribution < -0.4 is 0 Å². The van der Waals surface area contributed by atoms with Gasteiger partial charge in [0, 0.05) is 59.2 Å². The average molecular weight is 487 g/mol. The van der Waals surface area contributed by atoms with Crippen molar-refractivity contribution in [2.45, 2.75) is 41.9 Å². The minimum Gasteiger partial charge on any atom is -0.354 e. The molecule has 0 aromatic heterocycles. The van der Waals surface area contributed by atoms with Crippen LogP contribution in [0.1, 0.15) is 37.7 Å². The van der Waals surface area contributed by atoms with E-state index < -0.39 is 0 Å². The molecule has 0 N–H and O–H groups in total. The number of carbonyl (C=O) groups is 2. The molecule has 2 aromatic carbocycles. The molecule has 6 rings (SSSR count). The van der Waals surface area contributed by atoms with Crippen LogP contribution in [0, 0.1) is 0 Å². The zero-order chi connectivity index (χ0) is 23.8. The highest BCUT2D eigenvalue weighted by Crippen LogP contribution is 2.40. The molecule has 2 aromatic rings. The van der Waals surface area contributed by atoms with Crippen LogP contribution in [0.15, 0.2) is 74.5 Å². The van der Waals surface area contributed by atoms with Crippen LogP contribution in [0.5, 0.6) is 0 Å². The van der Waals surface area contributed by atoms with Gasteiger partial charge in [-0.3, -0.25) is 19.4 Å². The predicted octanol–water partition coefficient (Wildman–Crippen LogP) is 4.48. The molecule has 6 nitrogen and oxygen atoms in total. The Labute approximate surface area is 210 Å². The molecule has 0 spiro atoms. The number of hydrogen-bond acceptors (Lipinski definition) is 6. The maximum atomic E-state index is 12.7. The van der Waals surface area contributed by atoms with Gasteiger partial charge in [-0.1, -0.05) is 42.1 Å². The molecule has 0 bridgehead atoms. The molecular weight excluding hydrogens is 456 g/mol. The summed E-state index contributed by atoms with van der Waals surface area (Å²) in [6.45, 7) is 5.16. The number of carbonyl (C=O) groups excluding carboxylic acids is 2. The first kappa shape index (κ1) is 22.6. The van der Waals surface area contributed by atoms with Gasteiger partial charge in [0.25, 0.3) is 11.8 Å². The largest absolute Gasteiger partial charge is 0.354 e. The van der Waals surface area contributed by atoms with Crippen molar-refractivity contribution in [1.29, 1.82) is 0 Å². The Hall–Kier alpha value is -2.90. The molecule has 1 saturated heterocycles. The van der Waals surface area contributed by atoms with Gasteiger partial charge in [0.15, 0.2) is 0 Å². The Morgan fingerprint density at radius 2 is 1.43 bits per heavy atom. The van der Waals surface area contributed by atoms with Crippen LogP contribution in [-0.2, 0) is 9.59 Å². The summed E-state index contributed by atoms with van der Waals surface area (Å²) in [5, 5.41) is 0. The minimum absolute atomic E-state index is 0.0299. The molecule has 1 fully saturated rings. The van der Waals surface area contributed by atoms with Crippen LogP contribution in [0.4, 0.5) is 5.69 Å². The monoisotopic (exact) mass is 486 g/mol. The van der Waals surface area contributed by atoms with Crippen molar-refractivity contribution < 1.29 is 9.59 Å². The summed E-state index contributed by atoms with van der Waals surface area (Å²) in [6, 6.07) is 16.9. The van der Waals surface area contributed by atoms with E-state index in [9.17, 15) is 9.59 Å². The van der Waals surface area contributed by atoms with E-state index in [0.717, 1.165) is 87.5 Å².